The van der Waals surface area contributed by atoms with Crippen LogP contribution in [0.4, 0.5) is 0 Å². The molecule has 0 saturated carbocycles. The summed E-state index contributed by atoms with van der Waals surface area (Å²) in [6, 6.07) is 6.20. The molecule has 0 fully saturated rings. The van der Waals surface area contributed by atoms with Crippen molar-refractivity contribution in [3.8, 4) is 5.75 Å². The van der Waals surface area contributed by atoms with Gasteiger partial charge in [0, 0.05) is 6.04 Å². The Morgan fingerprint density at radius 2 is 1.95 bits per heavy atom. The number of hydrogen-bond donors (Lipinski definition) is 1. The number of hydrogen-bond acceptors (Lipinski definition) is 3. The highest BCUT2D eigenvalue weighted by atomic mass is 35.5. The Kier molecular flexibility index (Phi) is 6.80. The molecule has 1 N–H and O–H groups in total. The van der Waals surface area contributed by atoms with Gasteiger partial charge in [-0.3, -0.25) is 0 Å². The second-order valence-corrected chi connectivity index (χ2v) is 6.19. The zero-order chi connectivity index (χ0) is 15.2. The molecule has 1 rings (SSSR count). The molecule has 0 aliphatic carbocycles. The van der Waals surface area contributed by atoms with Gasteiger partial charge in [-0.1, -0.05) is 24.6 Å². The number of nitrogens with one attached hydrogen (secondary N) is 1. The predicted octanol–water partition coefficient (Wildman–Crippen LogP) is 4.20. The third-order valence-electron chi connectivity index (χ3n) is 2.84. The summed E-state index contributed by atoms with van der Waals surface area (Å²) in [6.45, 7) is 12.3. The maximum absolute atomic E-state index is 6.25. The van der Waals surface area contributed by atoms with Gasteiger partial charge >= 0.3 is 0 Å². The molecule has 3 nitrogen and oxygen atoms in total. The molecule has 0 aromatic heterocycles. The number of rotatable bonds is 7. The summed E-state index contributed by atoms with van der Waals surface area (Å²) in [4.78, 5) is 0. The molecule has 1 aromatic rings. The molecule has 0 amide bonds. The lowest BCUT2D eigenvalue weighted by Crippen LogP contribution is -2.22. The third-order valence-corrected chi connectivity index (χ3v) is 3.14. The van der Waals surface area contributed by atoms with Crippen LogP contribution in [0.5, 0.6) is 5.75 Å². The first kappa shape index (κ1) is 17.3. The lowest BCUT2D eigenvalue weighted by atomic mass is 10.1. The Balaban J connectivity index is 2.52. The van der Waals surface area contributed by atoms with Gasteiger partial charge in [0.15, 0.2) is 0 Å². The highest BCUT2D eigenvalue weighted by Crippen LogP contribution is 2.27. The van der Waals surface area contributed by atoms with Crippen LogP contribution >= 0.6 is 11.6 Å². The van der Waals surface area contributed by atoms with Crippen LogP contribution in [0.15, 0.2) is 18.2 Å². The highest BCUT2D eigenvalue weighted by Gasteiger charge is 2.11. The van der Waals surface area contributed by atoms with Crippen LogP contribution in [0.2, 0.25) is 5.02 Å². The lowest BCUT2D eigenvalue weighted by molar-refractivity contribution is -0.0162. The molecule has 0 spiro atoms. The summed E-state index contributed by atoms with van der Waals surface area (Å²) in [5.41, 5.74) is 1.02. The molecule has 0 radical (unpaired) electrons. The summed E-state index contributed by atoms with van der Waals surface area (Å²) in [7, 11) is 0. The van der Waals surface area contributed by atoms with E-state index in [4.69, 9.17) is 21.1 Å². The van der Waals surface area contributed by atoms with E-state index in [0.29, 0.717) is 24.0 Å². The van der Waals surface area contributed by atoms with E-state index in [1.807, 2.05) is 39.0 Å². The van der Waals surface area contributed by atoms with Gasteiger partial charge in [-0.2, -0.15) is 0 Å². The zero-order valence-corrected chi connectivity index (χ0v) is 13.9. The van der Waals surface area contributed by atoms with Gasteiger partial charge in [0.2, 0.25) is 0 Å². The first-order valence-electron chi connectivity index (χ1n) is 7.13. The summed E-state index contributed by atoms with van der Waals surface area (Å²) in [6.07, 6.45) is 0. The quantitative estimate of drug-likeness (QED) is 0.765. The van der Waals surface area contributed by atoms with Crippen molar-refractivity contribution in [2.75, 3.05) is 19.8 Å². The van der Waals surface area contributed by atoms with E-state index < -0.39 is 0 Å². The van der Waals surface area contributed by atoms with Crippen molar-refractivity contribution in [2.45, 2.75) is 46.3 Å². The van der Waals surface area contributed by atoms with Crippen molar-refractivity contribution in [1.29, 1.82) is 0 Å². The van der Waals surface area contributed by atoms with E-state index in [2.05, 4.69) is 19.2 Å². The molecular weight excluding hydrogens is 274 g/mol. The van der Waals surface area contributed by atoms with Crippen LogP contribution in [0.3, 0.4) is 0 Å². The Hall–Kier alpha value is -0.770. The highest BCUT2D eigenvalue weighted by molar-refractivity contribution is 6.32. The SMILES string of the molecule is CCNC(C)c1ccc(OCCOC(C)(C)C)c(Cl)c1. The van der Waals surface area contributed by atoms with Crippen molar-refractivity contribution < 1.29 is 9.47 Å². The number of ether oxygens (including phenoxy) is 2. The predicted molar refractivity (Wildman–Crippen MR) is 84.7 cm³/mol. The average molecular weight is 300 g/mol. The van der Waals surface area contributed by atoms with Crippen molar-refractivity contribution in [3.05, 3.63) is 28.8 Å². The second-order valence-electron chi connectivity index (χ2n) is 5.78. The minimum Gasteiger partial charge on any atom is -0.490 e. The Labute approximate surface area is 127 Å². The van der Waals surface area contributed by atoms with Crippen molar-refractivity contribution in [1.82, 2.24) is 5.32 Å². The van der Waals surface area contributed by atoms with Crippen molar-refractivity contribution in [3.63, 3.8) is 0 Å². The van der Waals surface area contributed by atoms with Crippen molar-refractivity contribution in [2.24, 2.45) is 0 Å². The van der Waals surface area contributed by atoms with Crippen LogP contribution < -0.4 is 10.1 Å². The molecule has 4 heteroatoms. The number of benzene rings is 1. The van der Waals surface area contributed by atoms with Crippen LogP contribution in [0, 0.1) is 0 Å². The second kappa shape index (κ2) is 7.87. The van der Waals surface area contributed by atoms with E-state index in [1.54, 1.807) is 0 Å². The molecule has 0 bridgehead atoms. The topological polar surface area (TPSA) is 30.5 Å². The number of halogens is 1. The maximum Gasteiger partial charge on any atom is 0.138 e. The molecule has 114 valence electrons. The monoisotopic (exact) mass is 299 g/mol. The van der Waals surface area contributed by atoms with Crippen LogP contribution in [-0.2, 0) is 4.74 Å². The Morgan fingerprint density at radius 3 is 2.50 bits per heavy atom. The van der Waals surface area contributed by atoms with Gasteiger partial charge in [0.05, 0.1) is 17.2 Å². The molecule has 1 aromatic carbocycles. The van der Waals surface area contributed by atoms with Crippen molar-refractivity contribution >= 4 is 11.6 Å². The molecule has 0 aliphatic rings. The first-order valence-corrected chi connectivity index (χ1v) is 7.51. The Morgan fingerprint density at radius 1 is 1.25 bits per heavy atom. The fourth-order valence-electron chi connectivity index (χ4n) is 1.83. The molecule has 0 aliphatic heterocycles. The standard InChI is InChI=1S/C16H26ClNO2/c1-6-18-12(2)13-7-8-15(14(17)11-13)19-9-10-20-16(3,4)5/h7-8,11-12,18H,6,9-10H2,1-5H3. The average Bonchev–Trinajstić information content (AvgIpc) is 2.35. The summed E-state index contributed by atoms with van der Waals surface area (Å²) < 4.78 is 11.3. The third kappa shape index (κ3) is 6.12. The minimum absolute atomic E-state index is 0.141. The molecule has 0 heterocycles. The van der Waals surface area contributed by atoms with Gasteiger partial charge in [-0.15, -0.1) is 0 Å². The Bertz CT molecular complexity index is 415. The normalized spacial score (nSPS) is 13.3. The minimum atomic E-state index is -0.141. The molecule has 0 saturated heterocycles. The zero-order valence-electron chi connectivity index (χ0n) is 13.1. The van der Waals surface area contributed by atoms with Gasteiger partial charge in [0.1, 0.15) is 12.4 Å². The first-order chi connectivity index (χ1) is 9.33. The molecule has 20 heavy (non-hydrogen) atoms. The van der Waals surface area contributed by atoms with Crippen LogP contribution in [0.25, 0.3) is 0 Å². The van der Waals surface area contributed by atoms with E-state index >= 15 is 0 Å². The smallest absolute Gasteiger partial charge is 0.138 e. The van der Waals surface area contributed by atoms with Gasteiger partial charge < -0.3 is 14.8 Å². The van der Waals surface area contributed by atoms with Gasteiger partial charge in [-0.25, -0.2) is 0 Å². The van der Waals surface area contributed by atoms with Crippen LogP contribution in [0.1, 0.15) is 46.2 Å². The molecular formula is C16H26ClNO2. The lowest BCUT2D eigenvalue weighted by Gasteiger charge is -2.20. The maximum atomic E-state index is 6.25. The van der Waals surface area contributed by atoms with E-state index in [1.165, 1.54) is 0 Å². The van der Waals surface area contributed by atoms with Gasteiger partial charge in [-0.05, 0) is 51.9 Å². The van der Waals surface area contributed by atoms with Gasteiger partial charge in [0.25, 0.3) is 0 Å². The summed E-state index contributed by atoms with van der Waals surface area (Å²) in [5.74, 6) is 0.705. The molecule has 1 atom stereocenters. The van der Waals surface area contributed by atoms with E-state index in [9.17, 15) is 0 Å². The van der Waals surface area contributed by atoms with E-state index in [0.717, 1.165) is 12.1 Å². The fourth-order valence-corrected chi connectivity index (χ4v) is 2.07. The van der Waals surface area contributed by atoms with E-state index in [-0.39, 0.29) is 11.6 Å². The van der Waals surface area contributed by atoms with Crippen LogP contribution in [-0.4, -0.2) is 25.4 Å². The largest absolute Gasteiger partial charge is 0.490 e. The fraction of sp³-hybridized carbons (Fsp3) is 0.625. The molecule has 1 unspecified atom stereocenters. The summed E-state index contributed by atoms with van der Waals surface area (Å²) >= 11 is 6.25. The summed E-state index contributed by atoms with van der Waals surface area (Å²) in [5, 5.41) is 4.00.